The van der Waals surface area contributed by atoms with Gasteiger partial charge in [0.2, 0.25) is 11.8 Å². The van der Waals surface area contributed by atoms with Crippen molar-refractivity contribution < 1.29 is 28.7 Å². The molecule has 34 heavy (non-hydrogen) atoms. The maximum absolute atomic E-state index is 13.4. The lowest BCUT2D eigenvalue weighted by atomic mass is 9.98. The number of nitrogens with one attached hydrogen (secondary N) is 2. The molecule has 0 heterocycles. The predicted molar refractivity (Wildman–Crippen MR) is 129 cm³/mol. The number of carbonyl (C=O) groups is 4. The maximum Gasteiger partial charge on any atom is 0.408 e. The third-order valence-electron chi connectivity index (χ3n) is 4.83. The van der Waals surface area contributed by atoms with Crippen molar-refractivity contribution in [2.75, 3.05) is 19.7 Å². The molecule has 0 radical (unpaired) electrons. The maximum atomic E-state index is 13.4. The summed E-state index contributed by atoms with van der Waals surface area (Å²) in [4.78, 5) is 52.1. The van der Waals surface area contributed by atoms with Gasteiger partial charge in [-0.25, -0.2) is 4.79 Å². The zero-order chi connectivity index (χ0) is 25.9. The lowest BCUT2D eigenvalue weighted by Crippen LogP contribution is -2.52. The molecular weight excluding hydrogens is 438 g/mol. The number of rotatable bonds is 11. The minimum atomic E-state index is -0.932. The summed E-state index contributed by atoms with van der Waals surface area (Å²) < 4.78 is 10.2. The number of nitrogens with zero attached hydrogens (tertiary/aromatic N) is 1. The van der Waals surface area contributed by atoms with Crippen LogP contribution in [0.1, 0.15) is 71.6 Å². The summed E-state index contributed by atoms with van der Waals surface area (Å²) >= 11 is 0. The fourth-order valence-electron chi connectivity index (χ4n) is 3.36. The van der Waals surface area contributed by atoms with Crippen molar-refractivity contribution >= 4 is 23.9 Å². The summed E-state index contributed by atoms with van der Waals surface area (Å²) in [6.45, 7) is 12.9. The van der Waals surface area contributed by atoms with Crippen molar-refractivity contribution in [2.24, 2.45) is 0 Å². The van der Waals surface area contributed by atoms with E-state index in [9.17, 15) is 19.2 Å². The summed E-state index contributed by atoms with van der Waals surface area (Å²) in [6.07, 6.45) is -0.0851. The third kappa shape index (κ3) is 9.41. The fraction of sp³-hybridized carbons (Fsp3) is 0.600. The molecule has 2 atom stereocenters. The van der Waals surface area contributed by atoms with Gasteiger partial charge >= 0.3 is 12.1 Å². The molecule has 0 aromatic heterocycles. The van der Waals surface area contributed by atoms with Crippen LogP contribution in [-0.4, -0.2) is 60.1 Å². The van der Waals surface area contributed by atoms with Gasteiger partial charge in [-0.2, -0.15) is 0 Å². The van der Waals surface area contributed by atoms with Crippen LogP contribution < -0.4 is 10.6 Å². The smallest absolute Gasteiger partial charge is 0.408 e. The van der Waals surface area contributed by atoms with Crippen LogP contribution in [0.3, 0.4) is 0 Å². The monoisotopic (exact) mass is 477 g/mol. The molecule has 0 bridgehead atoms. The van der Waals surface area contributed by atoms with E-state index >= 15 is 0 Å². The molecule has 0 spiro atoms. The largest absolute Gasteiger partial charge is 0.466 e. The van der Waals surface area contributed by atoms with Gasteiger partial charge in [0.15, 0.2) is 0 Å². The molecule has 1 aromatic carbocycles. The van der Waals surface area contributed by atoms with Gasteiger partial charge in [0.1, 0.15) is 17.7 Å². The fourth-order valence-corrected chi connectivity index (χ4v) is 3.36. The molecular formula is C25H39N3O6. The summed E-state index contributed by atoms with van der Waals surface area (Å²) in [6, 6.07) is 5.47. The van der Waals surface area contributed by atoms with Crippen molar-refractivity contribution in [3.8, 4) is 0 Å². The van der Waals surface area contributed by atoms with Crippen molar-refractivity contribution in [1.82, 2.24) is 15.5 Å². The minimum Gasteiger partial charge on any atom is -0.466 e. The first kappa shape index (κ1) is 28.9. The molecule has 1 rings (SSSR count). The van der Waals surface area contributed by atoms with Gasteiger partial charge in [-0.3, -0.25) is 14.4 Å². The molecule has 3 amide bonds. The highest BCUT2D eigenvalue weighted by molar-refractivity contribution is 5.92. The number of amides is 3. The van der Waals surface area contributed by atoms with Crippen LogP contribution >= 0.6 is 0 Å². The van der Waals surface area contributed by atoms with E-state index in [1.807, 2.05) is 26.0 Å². The standard InChI is InChI=1S/C25H39N3O6/c1-8-16-28(23(31)18(4)27-24(32)34-25(5,6)7)21(19-13-11-10-12-17(19)3)22(30)26-15-14-20(29)33-9-2/h10-13,18,21H,8-9,14-16H2,1-7H3,(H,26,30)(H,27,32). The summed E-state index contributed by atoms with van der Waals surface area (Å²) in [5.41, 5.74) is 0.801. The van der Waals surface area contributed by atoms with Gasteiger partial charge in [0.25, 0.3) is 0 Å². The second kappa shape index (κ2) is 13.6. The highest BCUT2D eigenvalue weighted by atomic mass is 16.6. The number of ether oxygens (including phenoxy) is 2. The Balaban J connectivity index is 3.17. The molecule has 2 unspecified atom stereocenters. The first-order valence-corrected chi connectivity index (χ1v) is 11.7. The Morgan fingerprint density at radius 3 is 2.29 bits per heavy atom. The lowest BCUT2D eigenvalue weighted by molar-refractivity contribution is -0.144. The van der Waals surface area contributed by atoms with Crippen LogP contribution in [0.15, 0.2) is 24.3 Å². The van der Waals surface area contributed by atoms with E-state index in [0.717, 1.165) is 5.56 Å². The molecule has 0 fully saturated rings. The molecule has 0 aliphatic rings. The van der Waals surface area contributed by atoms with Crippen molar-refractivity contribution in [1.29, 1.82) is 0 Å². The van der Waals surface area contributed by atoms with Crippen LogP contribution in [0.4, 0.5) is 4.79 Å². The van der Waals surface area contributed by atoms with Gasteiger partial charge in [0, 0.05) is 13.1 Å². The van der Waals surface area contributed by atoms with Gasteiger partial charge in [-0.15, -0.1) is 0 Å². The quantitative estimate of drug-likeness (QED) is 0.473. The highest BCUT2D eigenvalue weighted by Crippen LogP contribution is 2.25. The molecule has 2 N–H and O–H groups in total. The van der Waals surface area contributed by atoms with Gasteiger partial charge in [-0.1, -0.05) is 31.2 Å². The molecule has 1 aromatic rings. The summed E-state index contributed by atoms with van der Waals surface area (Å²) in [5, 5.41) is 5.32. The lowest BCUT2D eigenvalue weighted by Gasteiger charge is -2.34. The zero-order valence-electron chi connectivity index (χ0n) is 21.4. The first-order valence-electron chi connectivity index (χ1n) is 11.7. The second-order valence-electron chi connectivity index (χ2n) is 9.00. The Morgan fingerprint density at radius 1 is 1.09 bits per heavy atom. The molecule has 9 nitrogen and oxygen atoms in total. The molecule has 0 saturated carbocycles. The number of hydrogen-bond donors (Lipinski definition) is 2. The number of hydrogen-bond acceptors (Lipinski definition) is 6. The Bertz CT molecular complexity index is 849. The Kier molecular flexibility index (Phi) is 11.5. The zero-order valence-corrected chi connectivity index (χ0v) is 21.4. The molecule has 0 saturated heterocycles. The van der Waals surface area contributed by atoms with Crippen LogP contribution in [0.2, 0.25) is 0 Å². The van der Waals surface area contributed by atoms with Crippen molar-refractivity contribution in [3.05, 3.63) is 35.4 Å². The third-order valence-corrected chi connectivity index (χ3v) is 4.83. The number of carbonyl (C=O) groups excluding carboxylic acids is 4. The van der Waals surface area contributed by atoms with Crippen molar-refractivity contribution in [3.63, 3.8) is 0 Å². The number of aryl methyl sites for hydroxylation is 1. The van der Waals surface area contributed by atoms with Crippen LogP contribution in [-0.2, 0) is 23.9 Å². The molecule has 0 aliphatic carbocycles. The number of alkyl carbamates (subject to hydrolysis) is 1. The number of esters is 1. The van der Waals surface area contributed by atoms with E-state index in [-0.39, 0.29) is 19.6 Å². The van der Waals surface area contributed by atoms with Crippen molar-refractivity contribution in [2.45, 2.75) is 79.0 Å². The predicted octanol–water partition coefficient (Wildman–Crippen LogP) is 3.26. The molecule has 0 aliphatic heterocycles. The minimum absolute atomic E-state index is 0.0262. The Morgan fingerprint density at radius 2 is 1.74 bits per heavy atom. The number of benzene rings is 1. The van der Waals surface area contributed by atoms with Gasteiger partial charge in [-0.05, 0) is 59.1 Å². The highest BCUT2D eigenvalue weighted by Gasteiger charge is 2.34. The van der Waals surface area contributed by atoms with Gasteiger partial charge < -0.3 is 25.0 Å². The average Bonchev–Trinajstić information content (AvgIpc) is 2.72. The van der Waals surface area contributed by atoms with E-state index in [1.54, 1.807) is 46.8 Å². The SMILES string of the molecule is CCCN(C(=O)C(C)NC(=O)OC(C)(C)C)C(C(=O)NCCC(=O)OCC)c1ccccc1C. The topological polar surface area (TPSA) is 114 Å². The van der Waals surface area contributed by atoms with Gasteiger partial charge in [0.05, 0.1) is 13.0 Å². The van der Waals surface area contributed by atoms with Crippen LogP contribution in [0.25, 0.3) is 0 Å². The van der Waals surface area contributed by atoms with E-state index in [2.05, 4.69) is 10.6 Å². The van der Waals surface area contributed by atoms with E-state index in [4.69, 9.17) is 9.47 Å². The van der Waals surface area contributed by atoms with E-state index in [0.29, 0.717) is 18.5 Å². The Hall–Kier alpha value is -3.10. The normalized spacial score (nSPS) is 12.8. The molecule has 190 valence electrons. The van der Waals surface area contributed by atoms with Crippen LogP contribution in [0.5, 0.6) is 0 Å². The van der Waals surface area contributed by atoms with Crippen LogP contribution in [0, 0.1) is 6.92 Å². The first-order chi connectivity index (χ1) is 15.9. The summed E-state index contributed by atoms with van der Waals surface area (Å²) in [7, 11) is 0. The van der Waals surface area contributed by atoms with E-state index < -0.39 is 41.6 Å². The summed E-state index contributed by atoms with van der Waals surface area (Å²) in [5.74, 6) is -1.24. The van der Waals surface area contributed by atoms with E-state index in [1.165, 1.54) is 4.90 Å². The second-order valence-corrected chi connectivity index (χ2v) is 9.00. The Labute approximate surface area is 202 Å². The average molecular weight is 478 g/mol. The molecule has 9 heteroatoms.